The van der Waals surface area contributed by atoms with Gasteiger partial charge in [0.15, 0.2) is 0 Å². The van der Waals surface area contributed by atoms with Gasteiger partial charge in [0.2, 0.25) is 0 Å². The van der Waals surface area contributed by atoms with Gasteiger partial charge in [0.05, 0.1) is 21.6 Å². The van der Waals surface area contributed by atoms with E-state index in [0.29, 0.717) is 5.52 Å². The number of rotatable bonds is 2. The molecule has 0 aliphatic heterocycles. The quantitative estimate of drug-likeness (QED) is 0.256. The molecule has 4 rings (SSSR count). The van der Waals surface area contributed by atoms with Crippen LogP contribution in [0.25, 0.3) is 32.6 Å². The van der Waals surface area contributed by atoms with Gasteiger partial charge < -0.3 is 5.32 Å². The summed E-state index contributed by atoms with van der Waals surface area (Å²) in [6, 6.07) is 16.9. The highest BCUT2D eigenvalue weighted by Gasteiger charge is 2.13. The first kappa shape index (κ1) is 13.5. The van der Waals surface area contributed by atoms with Gasteiger partial charge in [-0.25, -0.2) is 4.98 Å². The van der Waals surface area contributed by atoms with E-state index in [-0.39, 0.29) is 5.69 Å². The van der Waals surface area contributed by atoms with Crippen molar-refractivity contribution in [2.45, 2.75) is 0 Å². The Morgan fingerprint density at radius 1 is 1.00 bits per heavy atom. The molecule has 5 nitrogen and oxygen atoms in total. The highest BCUT2D eigenvalue weighted by atomic mass is 16.6. The fraction of sp³-hybridized carbons (Fsp3) is 0.0556. The lowest BCUT2D eigenvalue weighted by Gasteiger charge is -2.12. The molecule has 23 heavy (non-hydrogen) atoms. The van der Waals surface area contributed by atoms with Gasteiger partial charge in [-0.2, -0.15) is 0 Å². The zero-order chi connectivity index (χ0) is 16.0. The number of benzene rings is 3. The van der Waals surface area contributed by atoms with Gasteiger partial charge in [0.25, 0.3) is 5.69 Å². The molecule has 1 aromatic heterocycles. The fourth-order valence-corrected chi connectivity index (χ4v) is 3.05. The van der Waals surface area contributed by atoms with Crippen LogP contribution in [0.15, 0.2) is 54.6 Å². The maximum Gasteiger partial charge on any atom is 0.271 e. The molecule has 112 valence electrons. The highest BCUT2D eigenvalue weighted by Crippen LogP contribution is 2.35. The predicted molar refractivity (Wildman–Crippen MR) is 93.0 cm³/mol. The van der Waals surface area contributed by atoms with Crippen LogP contribution in [0.1, 0.15) is 0 Å². The van der Waals surface area contributed by atoms with E-state index in [9.17, 15) is 10.1 Å². The molecule has 0 saturated carbocycles. The van der Waals surface area contributed by atoms with E-state index in [2.05, 4.69) is 11.4 Å². The smallest absolute Gasteiger partial charge is 0.271 e. The van der Waals surface area contributed by atoms with Gasteiger partial charge in [-0.3, -0.25) is 10.1 Å². The van der Waals surface area contributed by atoms with E-state index < -0.39 is 4.92 Å². The van der Waals surface area contributed by atoms with Gasteiger partial charge in [-0.1, -0.05) is 36.4 Å². The van der Waals surface area contributed by atoms with Crippen LogP contribution in [-0.4, -0.2) is 17.0 Å². The lowest BCUT2D eigenvalue weighted by Crippen LogP contribution is -1.96. The lowest BCUT2D eigenvalue weighted by atomic mass is 10.0. The molecule has 0 saturated heterocycles. The first-order chi connectivity index (χ1) is 11.2. The molecule has 0 aliphatic rings. The van der Waals surface area contributed by atoms with Crippen LogP contribution >= 0.6 is 0 Å². The maximum absolute atomic E-state index is 11.0. The summed E-state index contributed by atoms with van der Waals surface area (Å²) in [5.41, 5.74) is 2.45. The fourth-order valence-electron chi connectivity index (χ4n) is 3.05. The van der Waals surface area contributed by atoms with E-state index in [1.54, 1.807) is 6.07 Å². The third-order valence-electron chi connectivity index (χ3n) is 4.11. The Hall–Kier alpha value is -3.21. The molecule has 3 aromatic carbocycles. The SMILES string of the molecule is CNc1c2ccc([N+](=O)[O-])cc2nc2c1ccc1ccccc12. The average molecular weight is 303 g/mol. The van der Waals surface area contributed by atoms with Crippen molar-refractivity contribution in [2.24, 2.45) is 0 Å². The first-order valence-corrected chi connectivity index (χ1v) is 7.26. The van der Waals surface area contributed by atoms with Crippen molar-refractivity contribution in [3.8, 4) is 0 Å². The van der Waals surface area contributed by atoms with Crippen molar-refractivity contribution in [1.82, 2.24) is 4.98 Å². The Morgan fingerprint density at radius 2 is 1.78 bits per heavy atom. The average Bonchev–Trinajstić information content (AvgIpc) is 2.59. The number of aromatic nitrogens is 1. The summed E-state index contributed by atoms with van der Waals surface area (Å²) in [5.74, 6) is 0. The van der Waals surface area contributed by atoms with E-state index in [4.69, 9.17) is 4.98 Å². The van der Waals surface area contributed by atoms with Gasteiger partial charge in [0.1, 0.15) is 0 Å². The zero-order valence-corrected chi connectivity index (χ0v) is 12.4. The number of nitrogens with one attached hydrogen (secondary N) is 1. The largest absolute Gasteiger partial charge is 0.387 e. The van der Waals surface area contributed by atoms with Crippen LogP contribution in [-0.2, 0) is 0 Å². The van der Waals surface area contributed by atoms with Crippen molar-refractivity contribution < 1.29 is 4.92 Å². The molecule has 5 heteroatoms. The Bertz CT molecular complexity index is 1090. The number of nitrogens with zero attached hydrogens (tertiary/aromatic N) is 2. The van der Waals surface area contributed by atoms with Crippen LogP contribution in [0.3, 0.4) is 0 Å². The predicted octanol–water partition coefficient (Wildman–Crippen LogP) is 4.49. The van der Waals surface area contributed by atoms with Gasteiger partial charge >= 0.3 is 0 Å². The minimum atomic E-state index is -0.395. The molecule has 0 atom stereocenters. The molecule has 4 aromatic rings. The molecule has 0 radical (unpaired) electrons. The topological polar surface area (TPSA) is 68.1 Å². The first-order valence-electron chi connectivity index (χ1n) is 7.26. The Morgan fingerprint density at radius 3 is 2.57 bits per heavy atom. The summed E-state index contributed by atoms with van der Waals surface area (Å²) in [6.07, 6.45) is 0. The van der Waals surface area contributed by atoms with Crippen molar-refractivity contribution in [2.75, 3.05) is 12.4 Å². The summed E-state index contributed by atoms with van der Waals surface area (Å²) in [5, 5.41) is 18.3. The molecule has 0 unspecified atom stereocenters. The van der Waals surface area contributed by atoms with Crippen LogP contribution in [0.5, 0.6) is 0 Å². The van der Waals surface area contributed by atoms with E-state index >= 15 is 0 Å². The number of hydrogen-bond acceptors (Lipinski definition) is 4. The zero-order valence-electron chi connectivity index (χ0n) is 12.4. The summed E-state index contributed by atoms with van der Waals surface area (Å²) >= 11 is 0. The molecule has 0 aliphatic carbocycles. The van der Waals surface area contributed by atoms with Crippen molar-refractivity contribution >= 4 is 44.0 Å². The molecule has 0 bridgehead atoms. The van der Waals surface area contributed by atoms with Gasteiger partial charge in [0, 0.05) is 35.3 Å². The molecule has 0 spiro atoms. The second kappa shape index (κ2) is 4.91. The number of nitro benzene ring substituents is 1. The number of non-ortho nitro benzene ring substituents is 1. The highest BCUT2D eigenvalue weighted by molar-refractivity contribution is 6.15. The minimum Gasteiger partial charge on any atom is -0.387 e. The van der Waals surface area contributed by atoms with Crippen LogP contribution in [0.2, 0.25) is 0 Å². The second-order valence-electron chi connectivity index (χ2n) is 5.38. The number of pyridine rings is 1. The second-order valence-corrected chi connectivity index (χ2v) is 5.38. The summed E-state index contributed by atoms with van der Waals surface area (Å²) in [6.45, 7) is 0. The molecule has 1 N–H and O–H groups in total. The molecular weight excluding hydrogens is 290 g/mol. The van der Waals surface area contributed by atoms with Crippen molar-refractivity contribution in [3.63, 3.8) is 0 Å². The van der Waals surface area contributed by atoms with Crippen molar-refractivity contribution in [1.29, 1.82) is 0 Å². The molecule has 1 heterocycles. The Labute approximate surface area is 131 Å². The van der Waals surface area contributed by atoms with E-state index in [0.717, 1.165) is 32.7 Å². The van der Waals surface area contributed by atoms with Crippen molar-refractivity contribution in [3.05, 3.63) is 64.7 Å². The maximum atomic E-state index is 11.0. The van der Waals surface area contributed by atoms with Gasteiger partial charge in [-0.05, 0) is 11.5 Å². The number of fused-ring (bicyclic) bond motifs is 4. The third-order valence-corrected chi connectivity index (χ3v) is 4.11. The summed E-state index contributed by atoms with van der Waals surface area (Å²) in [7, 11) is 1.85. The van der Waals surface area contributed by atoms with Crippen LogP contribution in [0, 0.1) is 10.1 Å². The minimum absolute atomic E-state index is 0.0478. The normalized spacial score (nSPS) is 11.2. The number of hydrogen-bond donors (Lipinski definition) is 1. The Balaban J connectivity index is 2.21. The third kappa shape index (κ3) is 1.97. The van der Waals surface area contributed by atoms with E-state index in [1.807, 2.05) is 37.4 Å². The number of anilines is 1. The monoisotopic (exact) mass is 303 g/mol. The van der Waals surface area contributed by atoms with Crippen LogP contribution in [0.4, 0.5) is 11.4 Å². The molecule has 0 amide bonds. The molecule has 0 fully saturated rings. The lowest BCUT2D eigenvalue weighted by molar-refractivity contribution is -0.384. The summed E-state index contributed by atoms with van der Waals surface area (Å²) < 4.78 is 0. The van der Waals surface area contributed by atoms with Crippen LogP contribution < -0.4 is 5.32 Å². The van der Waals surface area contributed by atoms with Gasteiger partial charge in [-0.15, -0.1) is 0 Å². The van der Waals surface area contributed by atoms with E-state index in [1.165, 1.54) is 12.1 Å². The standard InChI is InChI=1S/C18H13N3O2/c1-19-17-14-9-7-12(21(22)23)10-16(14)20-18-13-5-3-2-4-11(13)6-8-15(17)18/h2-10H,1H3,(H,19,20). The number of nitro groups is 1. The summed E-state index contributed by atoms with van der Waals surface area (Å²) in [4.78, 5) is 15.4. The Kier molecular flexibility index (Phi) is 2.87. The molecular formula is C18H13N3O2.